The standard InChI is InChI=1S/C6H18N6P4S/c1-7-13-8(2)15-9(3)14(7)11(5)16(17,10(13)4)12(15)6/h1-6H3. The van der Waals surface area contributed by atoms with Gasteiger partial charge in [0.25, 0.3) is 0 Å². The molecule has 0 aliphatic carbocycles. The maximum absolute atomic E-state index is 6.07. The average Bonchev–Trinajstić information content (AvgIpc) is 2.23. The molecule has 6 nitrogen and oxygen atoms in total. The van der Waals surface area contributed by atoms with Gasteiger partial charge in [-0.15, -0.1) is 0 Å². The molecule has 4 fully saturated rings. The normalized spacial score (nSPS) is 50.6. The smallest absolute Gasteiger partial charge is 0.161 e. The summed E-state index contributed by atoms with van der Waals surface area (Å²) in [4.78, 5) is 0. The van der Waals surface area contributed by atoms with Gasteiger partial charge in [0.1, 0.15) is 25.1 Å². The summed E-state index contributed by atoms with van der Waals surface area (Å²) in [6.45, 7) is -1.66. The second-order valence-electron chi connectivity index (χ2n) is 4.25. The van der Waals surface area contributed by atoms with E-state index in [1.807, 2.05) is 0 Å². The molecule has 98 valence electrons. The first-order valence-electron chi connectivity index (χ1n) is 5.27. The van der Waals surface area contributed by atoms with Crippen LogP contribution in [0.25, 0.3) is 0 Å². The molecule has 11 heteroatoms. The van der Waals surface area contributed by atoms with Crippen LogP contribution in [0.5, 0.6) is 0 Å². The van der Waals surface area contributed by atoms with Crippen LogP contribution in [0.3, 0.4) is 0 Å². The van der Waals surface area contributed by atoms with Gasteiger partial charge in [0.05, 0.1) is 0 Å². The minimum atomic E-state index is -1.66. The van der Waals surface area contributed by atoms with Gasteiger partial charge in [-0.1, -0.05) is 0 Å². The molecular weight excluding hydrogens is 312 g/mol. The highest BCUT2D eigenvalue weighted by Gasteiger charge is 2.64. The molecule has 0 spiro atoms. The van der Waals surface area contributed by atoms with Crippen molar-refractivity contribution in [3.63, 3.8) is 0 Å². The van der Waals surface area contributed by atoms with Crippen LogP contribution in [0.1, 0.15) is 0 Å². The van der Waals surface area contributed by atoms with Gasteiger partial charge in [0.2, 0.25) is 0 Å². The molecule has 17 heavy (non-hydrogen) atoms. The molecule has 4 aliphatic rings. The Kier molecular flexibility index (Phi) is 3.30. The molecule has 0 aromatic carbocycles. The highest BCUT2D eigenvalue weighted by atomic mass is 32.5. The number of hydrogen-bond acceptors (Lipinski definition) is 4. The second kappa shape index (κ2) is 4.10. The Morgan fingerprint density at radius 3 is 1.12 bits per heavy atom. The lowest BCUT2D eigenvalue weighted by Crippen LogP contribution is -2.54. The molecular formula is C6H18N6P4S. The molecule has 0 saturated carbocycles. The van der Waals surface area contributed by atoms with Gasteiger partial charge in [0.15, 0.2) is 6.49 Å². The van der Waals surface area contributed by atoms with Crippen molar-refractivity contribution >= 4 is 43.4 Å². The molecule has 4 saturated heterocycles. The molecule has 0 radical (unpaired) electrons. The fraction of sp³-hybridized carbons (Fsp3) is 1.00. The van der Waals surface area contributed by atoms with E-state index in [1.54, 1.807) is 0 Å². The van der Waals surface area contributed by atoms with E-state index in [1.165, 1.54) is 0 Å². The lowest BCUT2D eigenvalue weighted by atomic mass is 11.5. The Hall–Kier alpha value is 1.70. The molecule has 4 aliphatic heterocycles. The Morgan fingerprint density at radius 2 is 0.882 bits per heavy atom. The summed E-state index contributed by atoms with van der Waals surface area (Å²) in [5, 5.41) is 0. The second-order valence-corrected chi connectivity index (χ2v) is 17.5. The lowest BCUT2D eigenvalue weighted by Gasteiger charge is -2.71. The van der Waals surface area contributed by atoms with Crippen molar-refractivity contribution in [1.82, 2.24) is 26.6 Å². The van der Waals surface area contributed by atoms with Crippen molar-refractivity contribution in [3.05, 3.63) is 0 Å². The third-order valence-corrected chi connectivity index (χ3v) is 20.2. The van der Waals surface area contributed by atoms with Gasteiger partial charge in [-0.25, -0.2) is 26.6 Å². The molecule has 0 aromatic heterocycles. The third-order valence-electron chi connectivity index (χ3n) is 3.46. The van der Waals surface area contributed by atoms with Crippen LogP contribution in [-0.2, 0) is 11.8 Å². The van der Waals surface area contributed by atoms with Gasteiger partial charge < -0.3 is 0 Å². The largest absolute Gasteiger partial charge is 0.211 e. The van der Waals surface area contributed by atoms with E-state index in [2.05, 4.69) is 68.9 Å². The third kappa shape index (κ3) is 1.41. The first-order valence-corrected chi connectivity index (χ1v) is 11.5. The molecule has 0 aromatic rings. The SMILES string of the molecule is CN1P2N(C)P3N(C)P1N(C)P(=S)(N2C)N3C. The Labute approximate surface area is 112 Å². The van der Waals surface area contributed by atoms with Crippen LogP contribution < -0.4 is 0 Å². The zero-order valence-corrected chi connectivity index (χ0v) is 15.3. The first kappa shape index (κ1) is 13.7. The van der Waals surface area contributed by atoms with Crippen LogP contribution in [0.15, 0.2) is 0 Å². The van der Waals surface area contributed by atoms with Crippen molar-refractivity contribution in [1.29, 1.82) is 0 Å². The molecule has 0 unspecified atom stereocenters. The van der Waals surface area contributed by atoms with E-state index in [-0.39, 0.29) is 25.1 Å². The van der Waals surface area contributed by atoms with E-state index >= 15 is 0 Å². The van der Waals surface area contributed by atoms with Gasteiger partial charge >= 0.3 is 0 Å². The van der Waals surface area contributed by atoms with E-state index in [0.29, 0.717) is 0 Å². The van der Waals surface area contributed by atoms with Crippen molar-refractivity contribution in [2.75, 3.05) is 42.3 Å². The molecule has 0 amide bonds. The Morgan fingerprint density at radius 1 is 0.647 bits per heavy atom. The van der Waals surface area contributed by atoms with Gasteiger partial charge in [-0.2, -0.15) is 0 Å². The summed E-state index contributed by atoms with van der Waals surface area (Å²) in [5.41, 5.74) is 0. The zero-order chi connectivity index (χ0) is 12.7. The zero-order valence-electron chi connectivity index (χ0n) is 10.9. The predicted molar refractivity (Wildman–Crippen MR) is 81.6 cm³/mol. The molecule has 0 atom stereocenters. The summed E-state index contributed by atoms with van der Waals surface area (Å²) in [5.74, 6) is 0. The topological polar surface area (TPSA) is 19.4 Å². The summed E-state index contributed by atoms with van der Waals surface area (Å²) >= 11 is 6.07. The number of nitrogens with zero attached hydrogens (tertiary/aromatic N) is 6. The van der Waals surface area contributed by atoms with E-state index in [9.17, 15) is 0 Å². The van der Waals surface area contributed by atoms with E-state index in [0.717, 1.165) is 0 Å². The fourth-order valence-corrected chi connectivity index (χ4v) is 24.2. The maximum Gasteiger partial charge on any atom is 0.161 e. The lowest BCUT2D eigenvalue weighted by molar-refractivity contribution is 0.470. The van der Waals surface area contributed by atoms with Crippen molar-refractivity contribution in [2.45, 2.75) is 0 Å². The average molecular weight is 330 g/mol. The van der Waals surface area contributed by atoms with Crippen LogP contribution in [0.4, 0.5) is 0 Å². The summed E-state index contributed by atoms with van der Waals surface area (Å²) in [6, 6.07) is 0. The van der Waals surface area contributed by atoms with Gasteiger partial charge in [-0.3, -0.25) is 0 Å². The van der Waals surface area contributed by atoms with Crippen LogP contribution >= 0.6 is 31.6 Å². The maximum atomic E-state index is 6.07. The van der Waals surface area contributed by atoms with E-state index in [4.69, 9.17) is 11.8 Å². The summed E-state index contributed by atoms with van der Waals surface area (Å²) in [7, 11) is 12.3. The highest BCUT2D eigenvalue weighted by Crippen LogP contribution is 2.95. The van der Waals surface area contributed by atoms with Crippen molar-refractivity contribution in [2.24, 2.45) is 0 Å². The minimum absolute atomic E-state index is 0.346. The summed E-state index contributed by atoms with van der Waals surface area (Å²) in [6.07, 6.45) is 0. The van der Waals surface area contributed by atoms with Crippen LogP contribution in [0, 0.1) is 0 Å². The fourth-order valence-electron chi connectivity index (χ4n) is 2.78. The first-order chi connectivity index (χ1) is 7.83. The molecule has 4 rings (SSSR count). The number of hydrogen-bond donors (Lipinski definition) is 0. The van der Waals surface area contributed by atoms with Crippen molar-refractivity contribution < 1.29 is 0 Å². The monoisotopic (exact) mass is 330 g/mol. The highest BCUT2D eigenvalue weighted by molar-refractivity contribution is 8.19. The van der Waals surface area contributed by atoms with Crippen molar-refractivity contribution in [3.8, 4) is 0 Å². The van der Waals surface area contributed by atoms with Crippen LogP contribution in [0.2, 0.25) is 0 Å². The molecule has 4 bridgehead atoms. The Balaban J connectivity index is 2.17. The van der Waals surface area contributed by atoms with Gasteiger partial charge in [-0.05, 0) is 32.9 Å². The number of rotatable bonds is 0. The van der Waals surface area contributed by atoms with Crippen LogP contribution in [-0.4, -0.2) is 68.9 Å². The Bertz CT molecular complexity index is 341. The molecule has 4 heterocycles. The summed E-state index contributed by atoms with van der Waals surface area (Å²) < 4.78 is 15.0. The predicted octanol–water partition coefficient (Wildman–Crippen LogP) is 2.52. The minimum Gasteiger partial charge on any atom is -0.211 e. The van der Waals surface area contributed by atoms with Gasteiger partial charge in [0, 0.05) is 21.1 Å². The van der Waals surface area contributed by atoms with E-state index < -0.39 is 6.49 Å². The quantitative estimate of drug-likeness (QED) is 0.628. The molecule has 0 N–H and O–H groups in total.